The Balaban J connectivity index is 1.32. The molecule has 31 heavy (non-hydrogen) atoms. The summed E-state index contributed by atoms with van der Waals surface area (Å²) >= 11 is 0. The summed E-state index contributed by atoms with van der Waals surface area (Å²) in [4.78, 5) is 44.4. The summed E-state index contributed by atoms with van der Waals surface area (Å²) in [6.07, 6.45) is 3.78. The summed E-state index contributed by atoms with van der Waals surface area (Å²) in [6, 6.07) is 14.5. The van der Waals surface area contributed by atoms with Gasteiger partial charge in [0.1, 0.15) is 12.7 Å². The lowest BCUT2D eigenvalue weighted by Gasteiger charge is -2.26. The van der Waals surface area contributed by atoms with E-state index in [-0.39, 0.29) is 36.7 Å². The van der Waals surface area contributed by atoms with Crippen LogP contribution in [0.1, 0.15) is 52.1 Å². The third-order valence-electron chi connectivity index (χ3n) is 5.68. The molecule has 2 heterocycles. The Morgan fingerprint density at radius 3 is 2.26 bits per heavy atom. The molecule has 1 aliphatic rings. The van der Waals surface area contributed by atoms with E-state index >= 15 is 0 Å². The second kappa shape index (κ2) is 8.51. The lowest BCUT2D eigenvalue weighted by molar-refractivity contribution is -0.132. The Labute approximate surface area is 180 Å². The Morgan fingerprint density at radius 2 is 1.68 bits per heavy atom. The molecule has 4 rings (SSSR count). The highest BCUT2D eigenvalue weighted by atomic mass is 16.2. The Morgan fingerprint density at radius 1 is 1.03 bits per heavy atom. The van der Waals surface area contributed by atoms with E-state index in [1.54, 1.807) is 47.2 Å². The van der Waals surface area contributed by atoms with Gasteiger partial charge in [-0.15, -0.1) is 0 Å². The van der Waals surface area contributed by atoms with Crippen LogP contribution in [0.4, 0.5) is 0 Å². The van der Waals surface area contributed by atoms with Gasteiger partial charge in [-0.05, 0) is 43.2 Å². The van der Waals surface area contributed by atoms with Crippen LogP contribution in [0.25, 0.3) is 5.69 Å². The maximum Gasteiger partial charge on any atom is 0.261 e. The second-order valence-corrected chi connectivity index (χ2v) is 7.52. The molecular weight excluding hydrogens is 394 g/mol. The van der Waals surface area contributed by atoms with Gasteiger partial charge in [0.25, 0.3) is 11.8 Å². The Hall–Kier alpha value is -3.81. The molecule has 158 valence electrons. The molecule has 0 fully saturated rings. The van der Waals surface area contributed by atoms with Crippen LogP contribution in [-0.4, -0.2) is 55.9 Å². The van der Waals surface area contributed by atoms with E-state index in [0.29, 0.717) is 17.5 Å². The Bertz CT molecular complexity index is 1070. The van der Waals surface area contributed by atoms with E-state index < -0.39 is 0 Å². The second-order valence-electron chi connectivity index (χ2n) is 7.52. The normalized spacial score (nSPS) is 13.9. The van der Waals surface area contributed by atoms with Gasteiger partial charge in [-0.2, -0.15) is 5.10 Å². The predicted molar refractivity (Wildman–Crippen MR) is 114 cm³/mol. The summed E-state index contributed by atoms with van der Waals surface area (Å²) < 4.78 is 1.67. The van der Waals surface area contributed by atoms with Crippen molar-refractivity contribution in [3.63, 3.8) is 0 Å². The molecule has 0 unspecified atom stereocenters. The molecule has 1 aromatic heterocycles. The van der Waals surface area contributed by atoms with E-state index in [1.165, 1.54) is 11.2 Å². The summed E-state index contributed by atoms with van der Waals surface area (Å²) in [6.45, 7) is 2.19. The summed E-state index contributed by atoms with van der Waals surface area (Å²) in [5.41, 5.74) is 2.75. The summed E-state index contributed by atoms with van der Waals surface area (Å²) in [5.74, 6) is -0.617. The molecule has 8 nitrogen and oxygen atoms in total. The molecule has 2 aromatic carbocycles. The van der Waals surface area contributed by atoms with E-state index in [9.17, 15) is 14.4 Å². The highest BCUT2D eigenvalue weighted by Crippen LogP contribution is 2.24. The zero-order chi connectivity index (χ0) is 22.0. The lowest BCUT2D eigenvalue weighted by Crippen LogP contribution is -2.33. The standard InChI is InChI=1S/C23H23N5O3/c1-16(17-9-11-18(12-10-17)28-15-24-14-25-28)26(2)21(29)8-5-13-27-22(30)19-6-3-4-7-20(19)23(27)31/h3-4,6-7,9-12,14-16H,5,8,13H2,1-2H3/t16-/m1/s1. The smallest absolute Gasteiger partial charge is 0.261 e. The van der Waals surface area contributed by atoms with Crippen molar-refractivity contribution >= 4 is 17.7 Å². The first-order valence-corrected chi connectivity index (χ1v) is 10.1. The molecule has 0 aliphatic carbocycles. The molecule has 3 amide bonds. The van der Waals surface area contributed by atoms with Gasteiger partial charge in [0.2, 0.25) is 5.91 Å². The van der Waals surface area contributed by atoms with Gasteiger partial charge in [0, 0.05) is 20.0 Å². The van der Waals surface area contributed by atoms with E-state index in [2.05, 4.69) is 10.1 Å². The van der Waals surface area contributed by atoms with Gasteiger partial charge in [-0.3, -0.25) is 19.3 Å². The average molecular weight is 417 g/mol. The van der Waals surface area contributed by atoms with Crippen molar-refractivity contribution < 1.29 is 14.4 Å². The van der Waals surface area contributed by atoms with Gasteiger partial charge in [0.05, 0.1) is 22.9 Å². The van der Waals surface area contributed by atoms with Crippen molar-refractivity contribution in [2.24, 2.45) is 0 Å². The minimum Gasteiger partial charge on any atom is -0.339 e. The highest BCUT2D eigenvalue weighted by Gasteiger charge is 2.34. The number of hydrogen-bond donors (Lipinski definition) is 0. The molecule has 8 heteroatoms. The average Bonchev–Trinajstić information content (AvgIpc) is 3.42. The lowest BCUT2D eigenvalue weighted by atomic mass is 10.1. The van der Waals surface area contributed by atoms with Crippen molar-refractivity contribution in [1.82, 2.24) is 24.6 Å². The quantitative estimate of drug-likeness (QED) is 0.552. The van der Waals surface area contributed by atoms with Crippen LogP contribution in [0.2, 0.25) is 0 Å². The van der Waals surface area contributed by atoms with Gasteiger partial charge in [-0.25, -0.2) is 9.67 Å². The number of hydrogen-bond acceptors (Lipinski definition) is 5. The fourth-order valence-electron chi connectivity index (χ4n) is 3.69. The number of fused-ring (bicyclic) bond motifs is 1. The zero-order valence-electron chi connectivity index (χ0n) is 17.4. The fourth-order valence-corrected chi connectivity index (χ4v) is 3.69. The number of benzene rings is 2. The van der Waals surface area contributed by atoms with E-state index in [0.717, 1.165) is 11.3 Å². The van der Waals surface area contributed by atoms with E-state index in [4.69, 9.17) is 0 Å². The van der Waals surface area contributed by atoms with Crippen molar-refractivity contribution in [2.45, 2.75) is 25.8 Å². The number of nitrogens with zero attached hydrogens (tertiary/aromatic N) is 5. The molecule has 1 atom stereocenters. The summed E-state index contributed by atoms with van der Waals surface area (Å²) in [7, 11) is 1.76. The monoisotopic (exact) mass is 417 g/mol. The third kappa shape index (κ3) is 3.96. The van der Waals surface area contributed by atoms with Crippen LogP contribution >= 0.6 is 0 Å². The maximum atomic E-state index is 12.7. The number of carbonyl (C=O) groups excluding carboxylic acids is 3. The molecular formula is C23H23N5O3. The zero-order valence-corrected chi connectivity index (χ0v) is 17.4. The SMILES string of the molecule is C[C@H](c1ccc(-n2cncn2)cc1)N(C)C(=O)CCCN1C(=O)c2ccccc2C1=O. The van der Waals surface area contributed by atoms with E-state index in [1.807, 2.05) is 31.2 Å². The van der Waals surface area contributed by atoms with Gasteiger partial charge < -0.3 is 4.90 Å². The van der Waals surface area contributed by atoms with Gasteiger partial charge in [0.15, 0.2) is 0 Å². The molecule has 3 aromatic rings. The van der Waals surface area contributed by atoms with Crippen molar-refractivity contribution in [3.05, 3.63) is 77.9 Å². The number of amides is 3. The number of carbonyl (C=O) groups is 3. The fraction of sp³-hybridized carbons (Fsp3) is 0.261. The van der Waals surface area contributed by atoms with Crippen molar-refractivity contribution in [1.29, 1.82) is 0 Å². The largest absolute Gasteiger partial charge is 0.339 e. The van der Waals surface area contributed by atoms with Crippen molar-refractivity contribution in [2.75, 3.05) is 13.6 Å². The van der Waals surface area contributed by atoms with Crippen LogP contribution in [0.5, 0.6) is 0 Å². The molecule has 0 N–H and O–H groups in total. The van der Waals surface area contributed by atoms with Crippen LogP contribution in [-0.2, 0) is 4.79 Å². The highest BCUT2D eigenvalue weighted by molar-refractivity contribution is 6.21. The maximum absolute atomic E-state index is 12.7. The first-order chi connectivity index (χ1) is 15.0. The number of aromatic nitrogens is 3. The first-order valence-electron chi connectivity index (χ1n) is 10.1. The molecule has 0 saturated carbocycles. The molecule has 0 spiro atoms. The van der Waals surface area contributed by atoms with Crippen LogP contribution in [0, 0.1) is 0 Å². The predicted octanol–water partition coefficient (Wildman–Crippen LogP) is 2.86. The Kier molecular flexibility index (Phi) is 5.62. The molecule has 1 aliphatic heterocycles. The van der Waals surface area contributed by atoms with Gasteiger partial charge in [-0.1, -0.05) is 24.3 Å². The van der Waals surface area contributed by atoms with Crippen LogP contribution < -0.4 is 0 Å². The first kappa shape index (κ1) is 20.5. The van der Waals surface area contributed by atoms with Crippen LogP contribution in [0.15, 0.2) is 61.2 Å². The minimum atomic E-state index is -0.290. The molecule has 0 bridgehead atoms. The third-order valence-corrected chi connectivity index (χ3v) is 5.68. The van der Waals surface area contributed by atoms with Gasteiger partial charge >= 0.3 is 0 Å². The number of imide groups is 1. The molecule has 0 saturated heterocycles. The van der Waals surface area contributed by atoms with Crippen LogP contribution in [0.3, 0.4) is 0 Å². The topological polar surface area (TPSA) is 88.4 Å². The minimum absolute atomic E-state index is 0.0375. The number of rotatable bonds is 7. The van der Waals surface area contributed by atoms with Crippen molar-refractivity contribution in [3.8, 4) is 5.69 Å². The molecule has 0 radical (unpaired) electrons. The summed E-state index contributed by atoms with van der Waals surface area (Å²) in [5, 5.41) is 4.10.